The number of fused-ring (bicyclic) bond motifs is 2. The van der Waals surface area contributed by atoms with E-state index in [0.29, 0.717) is 13.0 Å². The summed E-state index contributed by atoms with van der Waals surface area (Å²) in [6.07, 6.45) is 1.21. The molecular formula is C27H25NO4. The summed E-state index contributed by atoms with van der Waals surface area (Å²) in [4.78, 5) is 10.9. The summed E-state index contributed by atoms with van der Waals surface area (Å²) < 4.78 is 14.1. The molecule has 4 aromatic rings. The summed E-state index contributed by atoms with van der Waals surface area (Å²) in [5.74, 6) is 0.642. The first-order valence-electron chi connectivity index (χ1n) is 11.0. The first-order chi connectivity index (χ1) is 15.7. The zero-order chi connectivity index (χ0) is 21.9. The number of aryl methyl sites for hydroxylation is 1. The molecule has 2 heterocycles. The third kappa shape index (κ3) is 4.19. The van der Waals surface area contributed by atoms with Gasteiger partial charge in [-0.2, -0.15) is 0 Å². The summed E-state index contributed by atoms with van der Waals surface area (Å²) in [6.45, 7) is 1.43. The lowest BCUT2D eigenvalue weighted by molar-refractivity contribution is -0.138. The van der Waals surface area contributed by atoms with E-state index >= 15 is 0 Å². The van der Waals surface area contributed by atoms with Gasteiger partial charge in [-0.1, -0.05) is 54.6 Å². The molecule has 0 saturated heterocycles. The van der Waals surface area contributed by atoms with E-state index in [1.807, 2.05) is 24.3 Å². The lowest BCUT2D eigenvalue weighted by atomic mass is 10.1. The number of benzene rings is 3. The Hall–Kier alpha value is -3.73. The van der Waals surface area contributed by atoms with Crippen LogP contribution in [-0.4, -0.2) is 28.4 Å². The summed E-state index contributed by atoms with van der Waals surface area (Å²) in [7, 11) is 0. The topological polar surface area (TPSA) is 60.7 Å². The van der Waals surface area contributed by atoms with Crippen LogP contribution in [0.1, 0.15) is 18.4 Å². The third-order valence-corrected chi connectivity index (χ3v) is 5.86. The van der Waals surface area contributed by atoms with E-state index < -0.39 is 5.97 Å². The number of aliphatic carboxylic acids is 1. The van der Waals surface area contributed by atoms with Gasteiger partial charge in [0, 0.05) is 35.6 Å². The molecule has 162 valence electrons. The Morgan fingerprint density at radius 2 is 1.84 bits per heavy atom. The van der Waals surface area contributed by atoms with Gasteiger partial charge in [0.15, 0.2) is 0 Å². The second kappa shape index (κ2) is 8.79. The van der Waals surface area contributed by atoms with Gasteiger partial charge >= 0.3 is 5.97 Å². The maximum atomic E-state index is 10.9. The fraction of sp³-hybridized carbons (Fsp3) is 0.222. The van der Waals surface area contributed by atoms with Crippen LogP contribution in [0.3, 0.4) is 0 Å². The van der Waals surface area contributed by atoms with Gasteiger partial charge in [-0.05, 0) is 35.7 Å². The molecule has 1 aromatic heterocycles. The predicted octanol–water partition coefficient (Wildman–Crippen LogP) is 5.56. The van der Waals surface area contributed by atoms with Crippen LogP contribution in [-0.2, 0) is 17.8 Å². The molecule has 1 unspecified atom stereocenters. The molecule has 32 heavy (non-hydrogen) atoms. The molecule has 5 nitrogen and oxygen atoms in total. The van der Waals surface area contributed by atoms with Gasteiger partial charge in [-0.15, -0.1) is 0 Å². The first-order valence-corrected chi connectivity index (χ1v) is 11.0. The van der Waals surface area contributed by atoms with E-state index in [1.165, 1.54) is 22.2 Å². The number of carbonyl (C=O) groups is 1. The van der Waals surface area contributed by atoms with Gasteiger partial charge in [-0.3, -0.25) is 4.79 Å². The number of para-hydroxylation sites is 1. The van der Waals surface area contributed by atoms with Gasteiger partial charge in [0.25, 0.3) is 0 Å². The van der Waals surface area contributed by atoms with Crippen molar-refractivity contribution in [3.63, 3.8) is 0 Å². The van der Waals surface area contributed by atoms with Gasteiger partial charge in [0.1, 0.15) is 17.6 Å². The molecule has 0 spiro atoms. The van der Waals surface area contributed by atoms with Crippen molar-refractivity contribution in [3.8, 4) is 22.8 Å². The molecular weight excluding hydrogens is 402 g/mol. The number of carboxylic acid groups (broad SMARTS) is 1. The van der Waals surface area contributed by atoms with E-state index in [0.717, 1.165) is 30.0 Å². The maximum Gasteiger partial charge on any atom is 0.307 e. The normalized spacial score (nSPS) is 14.8. The number of hydrogen-bond donors (Lipinski definition) is 1. The average Bonchev–Trinajstić information content (AvgIpc) is 3.37. The van der Waals surface area contributed by atoms with Gasteiger partial charge in [0.05, 0.1) is 13.0 Å². The van der Waals surface area contributed by atoms with Gasteiger partial charge in [-0.25, -0.2) is 0 Å². The Labute approximate surface area is 186 Å². The fourth-order valence-electron chi connectivity index (χ4n) is 4.39. The van der Waals surface area contributed by atoms with Gasteiger partial charge < -0.3 is 19.1 Å². The molecule has 3 aromatic carbocycles. The second-order valence-electron chi connectivity index (χ2n) is 8.12. The molecule has 0 amide bonds. The molecule has 0 saturated carbocycles. The Morgan fingerprint density at radius 3 is 2.69 bits per heavy atom. The zero-order valence-electron chi connectivity index (χ0n) is 17.7. The van der Waals surface area contributed by atoms with Crippen molar-refractivity contribution in [2.45, 2.75) is 31.9 Å². The standard InChI is InChI=1S/C27H25NO4/c29-27(30)18-23-15-21-11-12-22(17-26(21)32-23)31-14-6-13-28-24-10-5-4-9-20(24)16-25(28)19-7-2-1-3-8-19/h1-5,7-12,16-17,23H,6,13-15,18H2,(H,29,30). The minimum Gasteiger partial charge on any atom is -0.493 e. The van der Waals surface area contributed by atoms with E-state index in [-0.39, 0.29) is 12.5 Å². The smallest absolute Gasteiger partial charge is 0.307 e. The fourth-order valence-corrected chi connectivity index (χ4v) is 4.39. The summed E-state index contributed by atoms with van der Waals surface area (Å²) in [6, 6.07) is 26.9. The van der Waals surface area contributed by atoms with Crippen molar-refractivity contribution in [2.75, 3.05) is 6.61 Å². The molecule has 0 bridgehead atoms. The number of carboxylic acids is 1. The quantitative estimate of drug-likeness (QED) is 0.374. The predicted molar refractivity (Wildman–Crippen MR) is 124 cm³/mol. The Balaban J connectivity index is 1.25. The number of ether oxygens (including phenoxy) is 2. The highest BCUT2D eigenvalue weighted by Crippen LogP contribution is 2.33. The van der Waals surface area contributed by atoms with Crippen LogP contribution >= 0.6 is 0 Å². The Kier molecular flexibility index (Phi) is 5.55. The van der Waals surface area contributed by atoms with Crippen molar-refractivity contribution in [2.24, 2.45) is 0 Å². The SMILES string of the molecule is O=C(O)CC1Cc2ccc(OCCCn3c(-c4ccccc4)cc4ccccc43)cc2O1. The van der Waals surface area contributed by atoms with Crippen LogP contribution in [0.15, 0.2) is 78.9 Å². The molecule has 1 aliphatic rings. The van der Waals surface area contributed by atoms with Crippen LogP contribution in [0, 0.1) is 0 Å². The van der Waals surface area contributed by atoms with Crippen LogP contribution in [0.25, 0.3) is 22.2 Å². The molecule has 5 heteroatoms. The summed E-state index contributed by atoms with van der Waals surface area (Å²) >= 11 is 0. The van der Waals surface area contributed by atoms with Gasteiger partial charge in [0.2, 0.25) is 0 Å². The van der Waals surface area contributed by atoms with E-state index in [9.17, 15) is 4.79 Å². The van der Waals surface area contributed by atoms with E-state index in [4.69, 9.17) is 14.6 Å². The number of aromatic nitrogens is 1. The second-order valence-corrected chi connectivity index (χ2v) is 8.12. The van der Waals surface area contributed by atoms with Crippen LogP contribution in [0.4, 0.5) is 0 Å². The molecule has 1 aliphatic heterocycles. The molecule has 0 radical (unpaired) electrons. The van der Waals surface area contributed by atoms with Crippen LogP contribution < -0.4 is 9.47 Å². The Morgan fingerprint density at radius 1 is 1.03 bits per heavy atom. The minimum absolute atomic E-state index is 0.0133. The highest BCUT2D eigenvalue weighted by Gasteiger charge is 2.25. The largest absolute Gasteiger partial charge is 0.493 e. The highest BCUT2D eigenvalue weighted by molar-refractivity contribution is 5.87. The minimum atomic E-state index is -0.841. The molecule has 1 N–H and O–H groups in total. The average molecular weight is 428 g/mol. The van der Waals surface area contributed by atoms with Crippen molar-refractivity contribution in [1.82, 2.24) is 4.57 Å². The van der Waals surface area contributed by atoms with Crippen molar-refractivity contribution in [3.05, 3.63) is 84.4 Å². The van der Waals surface area contributed by atoms with Crippen LogP contribution in [0.5, 0.6) is 11.5 Å². The van der Waals surface area contributed by atoms with E-state index in [2.05, 4.69) is 59.2 Å². The van der Waals surface area contributed by atoms with E-state index in [1.54, 1.807) is 0 Å². The van der Waals surface area contributed by atoms with Crippen molar-refractivity contribution in [1.29, 1.82) is 0 Å². The number of rotatable bonds is 8. The maximum absolute atomic E-state index is 10.9. The molecule has 1 atom stereocenters. The Bertz CT molecular complexity index is 1250. The summed E-state index contributed by atoms with van der Waals surface area (Å²) in [5.41, 5.74) is 4.68. The number of nitrogens with zero attached hydrogens (tertiary/aromatic N) is 1. The lowest BCUT2D eigenvalue weighted by Gasteiger charge is -2.12. The third-order valence-electron chi connectivity index (χ3n) is 5.86. The van der Waals surface area contributed by atoms with Crippen molar-refractivity contribution >= 4 is 16.9 Å². The molecule has 5 rings (SSSR count). The summed E-state index contributed by atoms with van der Waals surface area (Å²) in [5, 5.41) is 10.2. The first kappa shape index (κ1) is 20.2. The molecule has 0 fully saturated rings. The van der Waals surface area contributed by atoms with Crippen LogP contribution in [0.2, 0.25) is 0 Å². The highest BCUT2D eigenvalue weighted by atomic mass is 16.5. The monoisotopic (exact) mass is 427 g/mol. The zero-order valence-corrected chi connectivity index (χ0v) is 17.7. The lowest BCUT2D eigenvalue weighted by Crippen LogP contribution is -2.17. The molecule has 0 aliphatic carbocycles. The van der Waals surface area contributed by atoms with Crippen molar-refractivity contribution < 1.29 is 19.4 Å². The number of hydrogen-bond acceptors (Lipinski definition) is 3.